The topological polar surface area (TPSA) is 44.8 Å². The molecule has 0 fully saturated rings. The van der Waals surface area contributed by atoms with E-state index in [0.717, 1.165) is 0 Å². The standard InChI is InChI=1S/C10H8F2O4/c11-9(12)4-14-10(13)6-1-2-7-8(3-6)16-5-15-7/h1-3,9H,4-5H2. The first-order chi connectivity index (χ1) is 7.66. The minimum absolute atomic E-state index is 0.0882. The largest absolute Gasteiger partial charge is 0.456 e. The van der Waals surface area contributed by atoms with Crippen LogP contribution in [0.1, 0.15) is 10.4 Å². The van der Waals surface area contributed by atoms with Gasteiger partial charge in [-0.2, -0.15) is 0 Å². The average Bonchev–Trinajstić information content (AvgIpc) is 2.72. The van der Waals surface area contributed by atoms with Gasteiger partial charge in [0.25, 0.3) is 6.43 Å². The van der Waals surface area contributed by atoms with Crippen molar-refractivity contribution in [1.82, 2.24) is 0 Å². The monoisotopic (exact) mass is 230 g/mol. The molecule has 1 aliphatic rings. The minimum atomic E-state index is -2.67. The highest BCUT2D eigenvalue weighted by Gasteiger charge is 2.17. The van der Waals surface area contributed by atoms with Gasteiger partial charge in [0.05, 0.1) is 5.56 Å². The highest BCUT2D eigenvalue weighted by atomic mass is 19.3. The van der Waals surface area contributed by atoms with Crippen molar-refractivity contribution in [1.29, 1.82) is 0 Å². The second-order valence-electron chi connectivity index (χ2n) is 3.06. The summed E-state index contributed by atoms with van der Waals surface area (Å²) in [6, 6.07) is 4.36. The van der Waals surface area contributed by atoms with Gasteiger partial charge in [0.15, 0.2) is 18.1 Å². The average molecular weight is 230 g/mol. The number of rotatable bonds is 3. The summed E-state index contributed by atoms with van der Waals surface area (Å²) in [5.74, 6) is 0.121. The number of hydrogen-bond acceptors (Lipinski definition) is 4. The number of fused-ring (bicyclic) bond motifs is 1. The molecule has 1 aliphatic heterocycles. The number of carbonyl (C=O) groups excluding carboxylic acids is 1. The molecule has 1 heterocycles. The highest BCUT2D eigenvalue weighted by Crippen LogP contribution is 2.32. The molecule has 86 valence electrons. The number of benzene rings is 1. The molecule has 6 heteroatoms. The third-order valence-electron chi connectivity index (χ3n) is 1.95. The third kappa shape index (κ3) is 2.21. The van der Waals surface area contributed by atoms with Crippen LogP contribution in [0.3, 0.4) is 0 Å². The summed E-state index contributed by atoms with van der Waals surface area (Å²) in [5.41, 5.74) is 0.157. The van der Waals surface area contributed by atoms with Crippen molar-refractivity contribution in [3.8, 4) is 11.5 Å². The Balaban J connectivity index is 2.06. The quantitative estimate of drug-likeness (QED) is 0.743. The van der Waals surface area contributed by atoms with Crippen LogP contribution in [-0.2, 0) is 4.74 Å². The van der Waals surface area contributed by atoms with Crippen LogP contribution in [0, 0.1) is 0 Å². The molecule has 1 aromatic rings. The van der Waals surface area contributed by atoms with E-state index in [4.69, 9.17) is 9.47 Å². The fourth-order valence-corrected chi connectivity index (χ4v) is 1.25. The van der Waals surface area contributed by atoms with Gasteiger partial charge in [-0.25, -0.2) is 13.6 Å². The Morgan fingerprint density at radius 2 is 2.12 bits per heavy atom. The van der Waals surface area contributed by atoms with E-state index in [2.05, 4.69) is 4.74 Å². The van der Waals surface area contributed by atoms with E-state index < -0.39 is 19.0 Å². The molecule has 0 saturated heterocycles. The van der Waals surface area contributed by atoms with E-state index in [1.165, 1.54) is 18.2 Å². The van der Waals surface area contributed by atoms with Gasteiger partial charge >= 0.3 is 5.97 Å². The molecule has 0 atom stereocenters. The fourth-order valence-electron chi connectivity index (χ4n) is 1.25. The Hall–Kier alpha value is -1.85. The van der Waals surface area contributed by atoms with Crippen LogP contribution in [0.2, 0.25) is 0 Å². The first-order valence-electron chi connectivity index (χ1n) is 4.52. The van der Waals surface area contributed by atoms with Crippen LogP contribution in [0.25, 0.3) is 0 Å². The van der Waals surface area contributed by atoms with Gasteiger partial charge in [-0.1, -0.05) is 0 Å². The van der Waals surface area contributed by atoms with Gasteiger partial charge in [0, 0.05) is 0 Å². The van der Waals surface area contributed by atoms with Gasteiger partial charge in [0.1, 0.15) is 0 Å². The van der Waals surface area contributed by atoms with Crippen molar-refractivity contribution in [2.75, 3.05) is 13.4 Å². The maximum atomic E-state index is 11.8. The molecular formula is C10H8F2O4. The second-order valence-corrected chi connectivity index (χ2v) is 3.06. The molecule has 0 N–H and O–H groups in total. The predicted octanol–water partition coefficient (Wildman–Crippen LogP) is 1.84. The Morgan fingerprint density at radius 3 is 2.88 bits per heavy atom. The van der Waals surface area contributed by atoms with E-state index in [0.29, 0.717) is 11.5 Å². The summed E-state index contributed by atoms with van der Waals surface area (Å²) in [5, 5.41) is 0. The molecule has 0 bridgehead atoms. The first kappa shape index (κ1) is 10.7. The fraction of sp³-hybridized carbons (Fsp3) is 0.300. The predicted molar refractivity (Wildman–Crippen MR) is 48.9 cm³/mol. The molecule has 0 aliphatic carbocycles. The normalized spacial score (nSPS) is 12.9. The summed E-state index contributed by atoms with van der Waals surface area (Å²) in [6.45, 7) is -0.821. The second kappa shape index (κ2) is 4.34. The Morgan fingerprint density at radius 1 is 1.38 bits per heavy atom. The zero-order valence-corrected chi connectivity index (χ0v) is 8.11. The third-order valence-corrected chi connectivity index (χ3v) is 1.95. The Labute approximate surface area is 89.7 Å². The molecule has 0 amide bonds. The van der Waals surface area contributed by atoms with Crippen LogP contribution in [-0.4, -0.2) is 25.8 Å². The maximum absolute atomic E-state index is 11.8. The summed E-state index contributed by atoms with van der Waals surface area (Å²) in [4.78, 5) is 11.3. The number of carbonyl (C=O) groups is 1. The lowest BCUT2D eigenvalue weighted by molar-refractivity contribution is 0.0160. The van der Waals surface area contributed by atoms with E-state index >= 15 is 0 Å². The minimum Gasteiger partial charge on any atom is -0.456 e. The zero-order valence-electron chi connectivity index (χ0n) is 8.11. The SMILES string of the molecule is O=C(OCC(F)F)c1ccc2c(c1)OCO2. The zero-order chi connectivity index (χ0) is 11.5. The smallest absolute Gasteiger partial charge is 0.338 e. The summed E-state index contributed by atoms with van der Waals surface area (Å²) >= 11 is 0. The molecule has 0 unspecified atom stereocenters. The number of alkyl halides is 2. The molecular weight excluding hydrogens is 222 g/mol. The molecule has 0 radical (unpaired) electrons. The van der Waals surface area contributed by atoms with Crippen molar-refractivity contribution < 1.29 is 27.8 Å². The maximum Gasteiger partial charge on any atom is 0.338 e. The summed E-state index contributed by atoms with van der Waals surface area (Å²) < 4.78 is 38.1. The Bertz CT molecular complexity index is 406. The van der Waals surface area contributed by atoms with Gasteiger partial charge in [-0.15, -0.1) is 0 Å². The molecule has 1 aromatic carbocycles. The van der Waals surface area contributed by atoms with Crippen LogP contribution in [0.5, 0.6) is 11.5 Å². The van der Waals surface area contributed by atoms with E-state index in [-0.39, 0.29) is 12.4 Å². The molecule has 4 nitrogen and oxygen atoms in total. The van der Waals surface area contributed by atoms with Gasteiger partial charge in [-0.3, -0.25) is 0 Å². The van der Waals surface area contributed by atoms with Crippen molar-refractivity contribution in [3.05, 3.63) is 23.8 Å². The van der Waals surface area contributed by atoms with Gasteiger partial charge in [0.2, 0.25) is 6.79 Å². The van der Waals surface area contributed by atoms with Crippen molar-refractivity contribution in [2.45, 2.75) is 6.43 Å². The summed E-state index contributed by atoms with van der Waals surface area (Å²) in [6.07, 6.45) is -2.67. The first-order valence-corrected chi connectivity index (χ1v) is 4.52. The van der Waals surface area contributed by atoms with Crippen LogP contribution in [0.15, 0.2) is 18.2 Å². The van der Waals surface area contributed by atoms with Gasteiger partial charge < -0.3 is 14.2 Å². The van der Waals surface area contributed by atoms with Gasteiger partial charge in [-0.05, 0) is 18.2 Å². The van der Waals surface area contributed by atoms with Crippen molar-refractivity contribution in [2.24, 2.45) is 0 Å². The van der Waals surface area contributed by atoms with Crippen LogP contribution >= 0.6 is 0 Å². The molecule has 0 spiro atoms. The number of halogens is 2. The lowest BCUT2D eigenvalue weighted by Gasteiger charge is -2.04. The lowest BCUT2D eigenvalue weighted by atomic mass is 10.2. The van der Waals surface area contributed by atoms with Crippen molar-refractivity contribution >= 4 is 5.97 Å². The van der Waals surface area contributed by atoms with Crippen LogP contribution in [0.4, 0.5) is 8.78 Å². The Kier molecular flexibility index (Phi) is 2.89. The molecule has 0 aromatic heterocycles. The molecule has 0 saturated carbocycles. The molecule has 16 heavy (non-hydrogen) atoms. The highest BCUT2D eigenvalue weighted by molar-refractivity contribution is 5.90. The number of esters is 1. The molecule has 2 rings (SSSR count). The van der Waals surface area contributed by atoms with E-state index in [1.54, 1.807) is 0 Å². The van der Waals surface area contributed by atoms with E-state index in [9.17, 15) is 13.6 Å². The van der Waals surface area contributed by atoms with Crippen molar-refractivity contribution in [3.63, 3.8) is 0 Å². The summed E-state index contributed by atoms with van der Waals surface area (Å²) in [7, 11) is 0. The number of hydrogen-bond donors (Lipinski definition) is 0. The number of ether oxygens (including phenoxy) is 3. The van der Waals surface area contributed by atoms with Crippen LogP contribution < -0.4 is 9.47 Å². The lowest BCUT2D eigenvalue weighted by Crippen LogP contribution is -2.11. The van der Waals surface area contributed by atoms with E-state index in [1.807, 2.05) is 0 Å².